The van der Waals surface area contributed by atoms with E-state index in [0.29, 0.717) is 19.3 Å². The number of hydrogen-bond donors (Lipinski definition) is 0. The summed E-state index contributed by atoms with van der Waals surface area (Å²) in [7, 11) is 0. The van der Waals surface area contributed by atoms with Crippen molar-refractivity contribution in [2.45, 2.75) is 181 Å². The van der Waals surface area contributed by atoms with E-state index in [4.69, 9.17) is 14.2 Å². The summed E-state index contributed by atoms with van der Waals surface area (Å²) < 4.78 is 16.6. The predicted octanol–water partition coefficient (Wildman–Crippen LogP) is 13.9. The Balaban J connectivity index is 4.53. The van der Waals surface area contributed by atoms with Gasteiger partial charge in [-0.25, -0.2) is 0 Å². The highest BCUT2D eigenvalue weighted by Crippen LogP contribution is 2.11. The SMILES string of the molecule is CC/C=C\C/C=C\C/C=C\CCCC(=O)OCC(COC(=O)CCCCCCCC/C=C\C=C/CCCCC)OC(=O)CCC/C=C\C/C=C\C/C=C\CC. The fraction of sp³-hybridized carbons (Fsp3) is 0.612. The van der Waals surface area contributed by atoms with Crippen molar-refractivity contribution < 1.29 is 28.6 Å². The van der Waals surface area contributed by atoms with E-state index in [1.807, 2.05) is 0 Å². The van der Waals surface area contributed by atoms with Crippen LogP contribution in [0.2, 0.25) is 0 Å². The quantitative estimate of drug-likeness (QED) is 0.0206. The van der Waals surface area contributed by atoms with Crippen molar-refractivity contribution in [2.24, 2.45) is 0 Å². The molecule has 0 heterocycles. The zero-order valence-corrected chi connectivity index (χ0v) is 35.1. The number of rotatable bonds is 37. The minimum Gasteiger partial charge on any atom is -0.462 e. The van der Waals surface area contributed by atoms with E-state index in [1.165, 1.54) is 38.5 Å². The Kier molecular flexibility index (Phi) is 40.2. The summed E-state index contributed by atoms with van der Waals surface area (Å²) in [5.74, 6) is -1.06. The molecule has 1 atom stereocenters. The van der Waals surface area contributed by atoms with Gasteiger partial charge in [0.2, 0.25) is 0 Å². The molecule has 0 aliphatic carbocycles. The standard InChI is InChI=1S/C49H78O6/c1-4-7-10-13-16-19-22-23-24-25-28-30-33-36-39-42-48(51)54-45-46(55-49(52)43-40-37-34-31-27-21-18-15-12-9-6-3)44-53-47(50)41-38-35-32-29-26-20-17-14-11-8-5-2/h8-9,11-12,16-23,29,31-32,34,46H,4-7,10,13-15,24-28,30,33,35-45H2,1-3H3/b11-8-,12-9-,19-16-,20-17-,21-18-,23-22-,32-29-,34-31-. The van der Waals surface area contributed by atoms with Gasteiger partial charge < -0.3 is 14.2 Å². The molecular formula is C49H78O6. The monoisotopic (exact) mass is 763 g/mol. The maximum Gasteiger partial charge on any atom is 0.306 e. The van der Waals surface area contributed by atoms with Crippen LogP contribution in [0.1, 0.15) is 175 Å². The summed E-state index contributed by atoms with van der Waals surface area (Å²) >= 11 is 0. The number of ether oxygens (including phenoxy) is 3. The number of hydrogen-bond acceptors (Lipinski definition) is 6. The molecule has 0 saturated carbocycles. The van der Waals surface area contributed by atoms with E-state index < -0.39 is 6.10 Å². The topological polar surface area (TPSA) is 78.9 Å². The van der Waals surface area contributed by atoms with Crippen LogP contribution in [-0.2, 0) is 28.6 Å². The highest BCUT2D eigenvalue weighted by Gasteiger charge is 2.19. The Morgan fingerprint density at radius 3 is 1.27 bits per heavy atom. The molecule has 0 radical (unpaired) electrons. The molecule has 55 heavy (non-hydrogen) atoms. The lowest BCUT2D eigenvalue weighted by Gasteiger charge is -2.18. The number of unbranched alkanes of at least 4 members (excludes halogenated alkanes) is 11. The molecule has 310 valence electrons. The third-order valence-electron chi connectivity index (χ3n) is 8.58. The Bertz CT molecular complexity index is 1150. The first-order valence-corrected chi connectivity index (χ1v) is 21.8. The molecule has 0 rings (SSSR count). The van der Waals surface area contributed by atoms with Gasteiger partial charge >= 0.3 is 17.9 Å². The van der Waals surface area contributed by atoms with Crippen LogP contribution in [0.3, 0.4) is 0 Å². The van der Waals surface area contributed by atoms with Crippen molar-refractivity contribution in [1.29, 1.82) is 0 Å². The zero-order chi connectivity index (χ0) is 40.1. The number of esters is 3. The van der Waals surface area contributed by atoms with Gasteiger partial charge in [-0.15, -0.1) is 0 Å². The molecule has 1 unspecified atom stereocenters. The molecule has 0 bridgehead atoms. The molecule has 0 aromatic heterocycles. The lowest BCUT2D eigenvalue weighted by Crippen LogP contribution is -2.30. The Hall–Kier alpha value is -3.67. The van der Waals surface area contributed by atoms with E-state index >= 15 is 0 Å². The minimum atomic E-state index is -0.827. The zero-order valence-electron chi connectivity index (χ0n) is 35.1. The molecule has 6 nitrogen and oxygen atoms in total. The molecule has 0 spiro atoms. The third-order valence-corrected chi connectivity index (χ3v) is 8.58. The second kappa shape index (κ2) is 43.1. The van der Waals surface area contributed by atoms with Crippen LogP contribution in [0.4, 0.5) is 0 Å². The summed E-state index contributed by atoms with van der Waals surface area (Å²) in [6.07, 6.45) is 55.5. The van der Waals surface area contributed by atoms with Crippen LogP contribution in [0.5, 0.6) is 0 Å². The third kappa shape index (κ3) is 41.3. The van der Waals surface area contributed by atoms with E-state index in [-0.39, 0.29) is 44.0 Å². The molecule has 0 saturated heterocycles. The maximum atomic E-state index is 12.6. The largest absolute Gasteiger partial charge is 0.462 e. The van der Waals surface area contributed by atoms with Crippen molar-refractivity contribution in [3.8, 4) is 0 Å². The summed E-state index contributed by atoms with van der Waals surface area (Å²) in [6, 6.07) is 0. The fourth-order valence-corrected chi connectivity index (χ4v) is 5.36. The fourth-order valence-electron chi connectivity index (χ4n) is 5.36. The molecule has 0 aliphatic heterocycles. The summed E-state index contributed by atoms with van der Waals surface area (Å²) in [6.45, 7) is 6.23. The van der Waals surface area contributed by atoms with Crippen LogP contribution in [0, 0.1) is 0 Å². The lowest BCUT2D eigenvalue weighted by atomic mass is 10.1. The van der Waals surface area contributed by atoms with Crippen molar-refractivity contribution in [2.75, 3.05) is 13.2 Å². The molecule has 0 N–H and O–H groups in total. The molecule has 0 aromatic rings. The normalized spacial score (nSPS) is 13.0. The Labute approximate surface area is 337 Å². The van der Waals surface area contributed by atoms with Gasteiger partial charge in [-0.05, 0) is 96.3 Å². The van der Waals surface area contributed by atoms with Gasteiger partial charge in [0.1, 0.15) is 13.2 Å². The van der Waals surface area contributed by atoms with Gasteiger partial charge in [-0.2, -0.15) is 0 Å². The summed E-state index contributed by atoms with van der Waals surface area (Å²) in [4.78, 5) is 37.6. The molecule has 0 amide bonds. The summed E-state index contributed by atoms with van der Waals surface area (Å²) in [5.41, 5.74) is 0. The maximum absolute atomic E-state index is 12.6. The van der Waals surface area contributed by atoms with Crippen molar-refractivity contribution >= 4 is 17.9 Å². The Morgan fingerprint density at radius 1 is 0.400 bits per heavy atom. The number of carbonyl (C=O) groups excluding carboxylic acids is 3. The molecule has 0 fully saturated rings. The van der Waals surface area contributed by atoms with E-state index in [1.54, 1.807) is 0 Å². The summed E-state index contributed by atoms with van der Waals surface area (Å²) in [5, 5.41) is 0. The predicted molar refractivity (Wildman–Crippen MR) is 233 cm³/mol. The first-order valence-electron chi connectivity index (χ1n) is 21.8. The average Bonchev–Trinajstić information content (AvgIpc) is 3.18. The van der Waals surface area contributed by atoms with Crippen LogP contribution in [0.15, 0.2) is 97.2 Å². The number of carbonyl (C=O) groups is 3. The highest BCUT2D eigenvalue weighted by molar-refractivity contribution is 5.71. The minimum absolute atomic E-state index is 0.122. The van der Waals surface area contributed by atoms with Gasteiger partial charge in [0.15, 0.2) is 6.10 Å². The van der Waals surface area contributed by atoms with Gasteiger partial charge in [0, 0.05) is 19.3 Å². The molecule has 0 aromatic carbocycles. The Morgan fingerprint density at radius 2 is 0.782 bits per heavy atom. The second-order valence-corrected chi connectivity index (χ2v) is 13.9. The first kappa shape index (κ1) is 51.3. The smallest absolute Gasteiger partial charge is 0.306 e. The van der Waals surface area contributed by atoms with Gasteiger partial charge in [-0.1, -0.05) is 157 Å². The van der Waals surface area contributed by atoms with Gasteiger partial charge in [0.25, 0.3) is 0 Å². The van der Waals surface area contributed by atoms with Crippen LogP contribution in [0.25, 0.3) is 0 Å². The van der Waals surface area contributed by atoms with Crippen molar-refractivity contribution in [3.63, 3.8) is 0 Å². The van der Waals surface area contributed by atoms with Crippen LogP contribution >= 0.6 is 0 Å². The molecular weight excluding hydrogens is 685 g/mol. The van der Waals surface area contributed by atoms with E-state index in [9.17, 15) is 14.4 Å². The molecule has 0 aliphatic rings. The number of allylic oxidation sites excluding steroid dienone is 16. The highest BCUT2D eigenvalue weighted by atomic mass is 16.6. The van der Waals surface area contributed by atoms with Gasteiger partial charge in [0.05, 0.1) is 0 Å². The van der Waals surface area contributed by atoms with Crippen LogP contribution < -0.4 is 0 Å². The van der Waals surface area contributed by atoms with Crippen molar-refractivity contribution in [1.82, 2.24) is 0 Å². The van der Waals surface area contributed by atoms with Crippen molar-refractivity contribution in [3.05, 3.63) is 97.2 Å². The molecule has 6 heteroatoms. The first-order chi connectivity index (χ1) is 27.0. The second-order valence-electron chi connectivity index (χ2n) is 13.9. The average molecular weight is 763 g/mol. The van der Waals surface area contributed by atoms with Crippen LogP contribution in [-0.4, -0.2) is 37.2 Å². The van der Waals surface area contributed by atoms with Gasteiger partial charge in [-0.3, -0.25) is 14.4 Å². The lowest BCUT2D eigenvalue weighted by molar-refractivity contribution is -0.167. The van der Waals surface area contributed by atoms with E-state index in [2.05, 4.69) is 118 Å². The van der Waals surface area contributed by atoms with E-state index in [0.717, 1.165) is 83.5 Å².